The quantitative estimate of drug-likeness (QED) is 0.841. The first-order valence-corrected chi connectivity index (χ1v) is 9.47. The highest BCUT2D eigenvalue weighted by Gasteiger charge is 2.43. The van der Waals surface area contributed by atoms with Crippen LogP contribution in [-0.2, 0) is 0 Å². The molecule has 0 spiro atoms. The third-order valence-electron chi connectivity index (χ3n) is 5.73. The highest BCUT2D eigenvalue weighted by Crippen LogP contribution is 2.40. The molecule has 6 nitrogen and oxygen atoms in total. The molecule has 4 rings (SSSR count). The van der Waals surface area contributed by atoms with Crippen LogP contribution in [0.1, 0.15) is 28.9 Å². The van der Waals surface area contributed by atoms with Gasteiger partial charge in [0.25, 0.3) is 0 Å². The molecule has 1 aromatic carbocycles. The Labute approximate surface area is 162 Å². The van der Waals surface area contributed by atoms with Crippen LogP contribution in [0, 0.1) is 24.6 Å². The Kier molecular flexibility index (Phi) is 4.93. The fraction of sp³-hybridized carbons (Fsp3) is 0.429. The van der Waals surface area contributed by atoms with Crippen LogP contribution in [0.2, 0.25) is 0 Å². The Morgan fingerprint density at radius 3 is 2.50 bits per heavy atom. The van der Waals surface area contributed by atoms with Crippen molar-refractivity contribution in [2.45, 2.75) is 32.0 Å². The molecule has 1 aromatic heterocycles. The van der Waals surface area contributed by atoms with Crippen LogP contribution in [-0.4, -0.2) is 46.5 Å². The van der Waals surface area contributed by atoms with Crippen molar-refractivity contribution in [1.82, 2.24) is 4.98 Å². The average molecular weight is 386 g/mol. The fourth-order valence-corrected chi connectivity index (χ4v) is 4.33. The molecule has 1 saturated carbocycles. The number of pyridine rings is 1. The van der Waals surface area contributed by atoms with E-state index >= 15 is 0 Å². The molecule has 1 saturated heterocycles. The number of fused-ring (bicyclic) bond motifs is 1. The Morgan fingerprint density at radius 1 is 1.14 bits per heavy atom. The van der Waals surface area contributed by atoms with Crippen molar-refractivity contribution >= 4 is 11.8 Å². The molecule has 148 valence electrons. The van der Waals surface area contributed by atoms with Crippen molar-refractivity contribution < 1.29 is 24.1 Å². The van der Waals surface area contributed by atoms with Gasteiger partial charge in [-0.05, 0) is 68.0 Å². The lowest BCUT2D eigenvalue weighted by Gasteiger charge is -2.35. The number of aliphatic hydroxyl groups is 1. The molecular formula is C21H23FN2O4. The van der Waals surface area contributed by atoms with Crippen LogP contribution in [0.4, 0.5) is 10.2 Å². The summed E-state index contributed by atoms with van der Waals surface area (Å²) in [6, 6.07) is 9.09. The first-order chi connectivity index (χ1) is 13.4. The first-order valence-electron chi connectivity index (χ1n) is 9.47. The van der Waals surface area contributed by atoms with Gasteiger partial charge in [0.15, 0.2) is 0 Å². The van der Waals surface area contributed by atoms with Crippen LogP contribution in [0.15, 0.2) is 36.4 Å². The summed E-state index contributed by atoms with van der Waals surface area (Å²) in [6.45, 7) is 3.19. The predicted molar refractivity (Wildman–Crippen MR) is 101 cm³/mol. The molecule has 2 aliphatic rings. The molecule has 2 heterocycles. The monoisotopic (exact) mass is 386 g/mol. The molecule has 2 N–H and O–H groups in total. The average Bonchev–Trinajstić information content (AvgIpc) is 3.06. The first kappa shape index (κ1) is 18.7. The number of anilines is 1. The lowest BCUT2D eigenvalue weighted by Crippen LogP contribution is -2.42. The van der Waals surface area contributed by atoms with Gasteiger partial charge >= 0.3 is 5.97 Å². The van der Waals surface area contributed by atoms with Crippen LogP contribution in [0.5, 0.6) is 5.75 Å². The molecule has 0 radical (unpaired) electrons. The van der Waals surface area contributed by atoms with Crippen molar-refractivity contribution in [2.24, 2.45) is 11.8 Å². The van der Waals surface area contributed by atoms with E-state index in [9.17, 15) is 19.4 Å². The van der Waals surface area contributed by atoms with Gasteiger partial charge in [-0.25, -0.2) is 14.2 Å². The van der Waals surface area contributed by atoms with Crippen LogP contribution in [0.25, 0.3) is 0 Å². The van der Waals surface area contributed by atoms with Gasteiger partial charge in [-0.3, -0.25) is 0 Å². The van der Waals surface area contributed by atoms with E-state index in [1.165, 1.54) is 12.1 Å². The van der Waals surface area contributed by atoms with Gasteiger partial charge in [-0.15, -0.1) is 0 Å². The van der Waals surface area contributed by atoms with Crippen molar-refractivity contribution in [3.63, 3.8) is 0 Å². The topological polar surface area (TPSA) is 82.9 Å². The lowest BCUT2D eigenvalue weighted by atomic mass is 9.78. The zero-order chi connectivity index (χ0) is 19.8. The van der Waals surface area contributed by atoms with Crippen molar-refractivity contribution in [2.75, 3.05) is 18.0 Å². The van der Waals surface area contributed by atoms with Gasteiger partial charge in [0.05, 0.1) is 6.10 Å². The Morgan fingerprint density at radius 2 is 1.82 bits per heavy atom. The molecule has 7 heteroatoms. The minimum Gasteiger partial charge on any atom is -0.488 e. The number of halogens is 1. The number of aromatic nitrogens is 1. The molecule has 0 unspecified atom stereocenters. The van der Waals surface area contributed by atoms with E-state index < -0.39 is 12.1 Å². The van der Waals surface area contributed by atoms with Gasteiger partial charge in [0.1, 0.15) is 29.1 Å². The van der Waals surface area contributed by atoms with Gasteiger partial charge in [0, 0.05) is 18.8 Å². The highest BCUT2D eigenvalue weighted by molar-refractivity contribution is 5.93. The summed E-state index contributed by atoms with van der Waals surface area (Å²) in [5.74, 6) is 0.238. The van der Waals surface area contributed by atoms with Crippen LogP contribution in [0.3, 0.4) is 0 Å². The number of rotatable bonds is 4. The number of ether oxygens (including phenoxy) is 1. The maximum atomic E-state index is 13.1. The molecule has 1 aliphatic carbocycles. The van der Waals surface area contributed by atoms with E-state index in [-0.39, 0.29) is 29.3 Å². The van der Waals surface area contributed by atoms with Crippen molar-refractivity contribution in [3.05, 3.63) is 53.5 Å². The van der Waals surface area contributed by atoms with Gasteiger partial charge in [-0.1, -0.05) is 0 Å². The summed E-state index contributed by atoms with van der Waals surface area (Å²) in [6.07, 6.45) is 0.265. The van der Waals surface area contributed by atoms with E-state index in [1.807, 2.05) is 11.8 Å². The van der Waals surface area contributed by atoms with E-state index in [0.717, 1.165) is 5.69 Å². The summed E-state index contributed by atoms with van der Waals surface area (Å²) in [7, 11) is 0. The third-order valence-corrected chi connectivity index (χ3v) is 5.73. The normalized spacial score (nSPS) is 26.8. The maximum absolute atomic E-state index is 13.1. The Bertz CT molecular complexity index is 873. The van der Waals surface area contributed by atoms with E-state index in [1.54, 1.807) is 24.3 Å². The van der Waals surface area contributed by atoms with Gasteiger partial charge in [-0.2, -0.15) is 0 Å². The SMILES string of the molecule is Cc1ccc(C(=O)O)c(N2C[C@H]3C[C@@H](Oc4ccc(F)cc4)[C@H](O)C[C@H]3C2)n1. The van der Waals surface area contributed by atoms with Gasteiger partial charge in [0.2, 0.25) is 0 Å². The van der Waals surface area contributed by atoms with E-state index in [0.29, 0.717) is 37.5 Å². The number of nitrogens with zero attached hydrogens (tertiary/aromatic N) is 2. The maximum Gasteiger partial charge on any atom is 0.339 e. The molecule has 4 atom stereocenters. The van der Waals surface area contributed by atoms with Crippen LogP contribution >= 0.6 is 0 Å². The van der Waals surface area contributed by atoms with E-state index in [4.69, 9.17) is 4.74 Å². The largest absolute Gasteiger partial charge is 0.488 e. The van der Waals surface area contributed by atoms with E-state index in [2.05, 4.69) is 4.98 Å². The second kappa shape index (κ2) is 7.39. The number of hydrogen-bond acceptors (Lipinski definition) is 5. The molecule has 1 aliphatic heterocycles. The number of carbonyl (C=O) groups is 1. The summed E-state index contributed by atoms with van der Waals surface area (Å²) < 4.78 is 19.0. The molecule has 0 amide bonds. The minimum absolute atomic E-state index is 0.198. The van der Waals surface area contributed by atoms with Crippen LogP contribution < -0.4 is 9.64 Å². The smallest absolute Gasteiger partial charge is 0.339 e. The lowest BCUT2D eigenvalue weighted by molar-refractivity contribution is -0.0231. The predicted octanol–water partition coefficient (Wildman–Crippen LogP) is 2.88. The number of hydrogen-bond donors (Lipinski definition) is 2. The van der Waals surface area contributed by atoms with Crippen molar-refractivity contribution in [3.8, 4) is 5.75 Å². The minimum atomic E-state index is -0.991. The molecular weight excluding hydrogens is 363 g/mol. The standard InChI is InChI=1S/C21H23FN2O4/c1-12-2-7-17(21(26)27)20(23-12)24-10-13-8-18(25)19(9-14(13)11-24)28-16-5-3-15(22)4-6-16/h2-7,13-14,18-19,25H,8-11H2,1H3,(H,26,27)/t13-,14+,18+,19+/m0/s1. The summed E-state index contributed by atoms with van der Waals surface area (Å²) in [5, 5.41) is 20.0. The molecule has 0 bridgehead atoms. The summed E-state index contributed by atoms with van der Waals surface area (Å²) in [5.41, 5.74) is 0.969. The number of benzene rings is 1. The Hall–Kier alpha value is -2.67. The third kappa shape index (κ3) is 3.67. The van der Waals surface area contributed by atoms with Crippen molar-refractivity contribution in [1.29, 1.82) is 0 Å². The second-order valence-electron chi connectivity index (χ2n) is 7.70. The molecule has 28 heavy (non-hydrogen) atoms. The molecule has 2 aromatic rings. The second-order valence-corrected chi connectivity index (χ2v) is 7.70. The summed E-state index contributed by atoms with van der Waals surface area (Å²) in [4.78, 5) is 18.1. The number of carboxylic acids is 1. The zero-order valence-corrected chi connectivity index (χ0v) is 15.6. The fourth-order valence-electron chi connectivity index (χ4n) is 4.33. The highest BCUT2D eigenvalue weighted by atomic mass is 19.1. The summed E-state index contributed by atoms with van der Waals surface area (Å²) >= 11 is 0. The number of aromatic carboxylic acids is 1. The number of aliphatic hydroxyl groups excluding tert-OH is 1. The van der Waals surface area contributed by atoms with Gasteiger partial charge < -0.3 is 19.8 Å². The Balaban J connectivity index is 1.49. The number of carboxylic acid groups (broad SMARTS) is 1. The number of aryl methyl sites for hydroxylation is 1. The zero-order valence-electron chi connectivity index (χ0n) is 15.6. The molecule has 2 fully saturated rings.